The van der Waals surface area contributed by atoms with E-state index in [0.29, 0.717) is 10.8 Å². The standard InChI is InChI=1S/C18H36N2O/c1-6-17(5)7-10-20(11-8-17)14-18(9-12-21-15-18)13-19-16(2,3)4/h19H,6-15H2,1-5H3. The number of likely N-dealkylation sites (tertiary alicyclic amines) is 1. The molecule has 1 N–H and O–H groups in total. The zero-order chi connectivity index (χ0) is 15.6. The molecular formula is C18H36N2O. The largest absolute Gasteiger partial charge is 0.381 e. The fourth-order valence-corrected chi connectivity index (χ4v) is 3.50. The number of piperidine rings is 1. The minimum Gasteiger partial charge on any atom is -0.381 e. The molecule has 0 radical (unpaired) electrons. The van der Waals surface area contributed by atoms with Gasteiger partial charge in [0.2, 0.25) is 0 Å². The molecule has 1 unspecified atom stereocenters. The van der Waals surface area contributed by atoms with Gasteiger partial charge in [0.05, 0.1) is 6.61 Å². The van der Waals surface area contributed by atoms with E-state index >= 15 is 0 Å². The predicted molar refractivity (Wildman–Crippen MR) is 89.7 cm³/mol. The molecule has 0 bridgehead atoms. The monoisotopic (exact) mass is 296 g/mol. The van der Waals surface area contributed by atoms with Gasteiger partial charge in [-0.05, 0) is 58.5 Å². The van der Waals surface area contributed by atoms with Gasteiger partial charge in [-0.2, -0.15) is 0 Å². The third-order valence-electron chi connectivity index (χ3n) is 5.65. The Hall–Kier alpha value is -0.120. The van der Waals surface area contributed by atoms with Crippen molar-refractivity contribution in [1.29, 1.82) is 0 Å². The molecule has 0 aromatic rings. The molecule has 0 aromatic carbocycles. The molecule has 0 spiro atoms. The lowest BCUT2D eigenvalue weighted by Gasteiger charge is -2.43. The van der Waals surface area contributed by atoms with Crippen LogP contribution >= 0.6 is 0 Å². The SMILES string of the molecule is CCC1(C)CCN(CC2(CNC(C)(C)C)CCOC2)CC1. The van der Waals surface area contributed by atoms with Crippen LogP contribution in [0.2, 0.25) is 0 Å². The summed E-state index contributed by atoms with van der Waals surface area (Å²) in [6.45, 7) is 18.2. The van der Waals surface area contributed by atoms with Crippen LogP contribution in [0, 0.1) is 10.8 Å². The first-order chi connectivity index (χ1) is 9.76. The first kappa shape index (κ1) is 17.2. The van der Waals surface area contributed by atoms with Crippen LogP contribution < -0.4 is 5.32 Å². The molecule has 2 aliphatic heterocycles. The molecule has 0 amide bonds. The maximum atomic E-state index is 5.76. The van der Waals surface area contributed by atoms with E-state index < -0.39 is 0 Å². The third-order valence-corrected chi connectivity index (χ3v) is 5.65. The van der Waals surface area contributed by atoms with Gasteiger partial charge in [-0.1, -0.05) is 20.3 Å². The van der Waals surface area contributed by atoms with Crippen molar-refractivity contribution in [2.75, 3.05) is 39.4 Å². The Morgan fingerprint density at radius 3 is 2.29 bits per heavy atom. The summed E-state index contributed by atoms with van der Waals surface area (Å²) in [5.41, 5.74) is 1.10. The normalized spacial score (nSPS) is 30.7. The summed E-state index contributed by atoms with van der Waals surface area (Å²) in [7, 11) is 0. The number of nitrogens with zero attached hydrogens (tertiary/aromatic N) is 1. The fourth-order valence-electron chi connectivity index (χ4n) is 3.50. The van der Waals surface area contributed by atoms with Gasteiger partial charge in [0.15, 0.2) is 0 Å². The summed E-state index contributed by atoms with van der Waals surface area (Å²) in [6.07, 6.45) is 5.23. The fraction of sp³-hybridized carbons (Fsp3) is 1.00. The number of hydrogen-bond donors (Lipinski definition) is 1. The molecule has 0 aliphatic carbocycles. The average molecular weight is 296 g/mol. The zero-order valence-corrected chi connectivity index (χ0v) is 14.9. The van der Waals surface area contributed by atoms with Crippen LogP contribution in [0.3, 0.4) is 0 Å². The van der Waals surface area contributed by atoms with Crippen LogP contribution in [0.25, 0.3) is 0 Å². The van der Waals surface area contributed by atoms with E-state index in [2.05, 4.69) is 44.8 Å². The van der Waals surface area contributed by atoms with Crippen LogP contribution in [0.5, 0.6) is 0 Å². The Morgan fingerprint density at radius 2 is 1.81 bits per heavy atom. The highest BCUT2D eigenvalue weighted by Gasteiger charge is 2.39. The van der Waals surface area contributed by atoms with Crippen molar-refractivity contribution in [1.82, 2.24) is 10.2 Å². The van der Waals surface area contributed by atoms with Gasteiger partial charge in [0, 0.05) is 30.7 Å². The maximum absolute atomic E-state index is 5.76. The van der Waals surface area contributed by atoms with Gasteiger partial charge in [0.1, 0.15) is 0 Å². The van der Waals surface area contributed by atoms with Gasteiger partial charge in [-0.25, -0.2) is 0 Å². The lowest BCUT2D eigenvalue weighted by molar-refractivity contribution is 0.0587. The van der Waals surface area contributed by atoms with Crippen molar-refractivity contribution < 1.29 is 4.74 Å². The van der Waals surface area contributed by atoms with Crippen molar-refractivity contribution in [3.8, 4) is 0 Å². The Kier molecular flexibility index (Phi) is 5.38. The van der Waals surface area contributed by atoms with Gasteiger partial charge < -0.3 is 15.0 Å². The van der Waals surface area contributed by atoms with Crippen LogP contribution in [0.4, 0.5) is 0 Å². The van der Waals surface area contributed by atoms with E-state index in [9.17, 15) is 0 Å². The summed E-state index contributed by atoms with van der Waals surface area (Å²) in [5.74, 6) is 0. The Morgan fingerprint density at radius 1 is 1.14 bits per heavy atom. The molecule has 2 saturated heterocycles. The van der Waals surface area contributed by atoms with E-state index in [0.717, 1.165) is 19.8 Å². The highest BCUT2D eigenvalue weighted by atomic mass is 16.5. The van der Waals surface area contributed by atoms with Crippen LogP contribution in [-0.2, 0) is 4.74 Å². The first-order valence-corrected chi connectivity index (χ1v) is 8.81. The van der Waals surface area contributed by atoms with Gasteiger partial charge >= 0.3 is 0 Å². The molecule has 3 heteroatoms. The minimum atomic E-state index is 0.193. The van der Waals surface area contributed by atoms with Crippen molar-refractivity contribution in [3.05, 3.63) is 0 Å². The van der Waals surface area contributed by atoms with E-state index in [4.69, 9.17) is 4.74 Å². The number of nitrogens with one attached hydrogen (secondary N) is 1. The smallest absolute Gasteiger partial charge is 0.0547 e. The minimum absolute atomic E-state index is 0.193. The molecule has 0 saturated carbocycles. The van der Waals surface area contributed by atoms with E-state index in [1.54, 1.807) is 0 Å². The van der Waals surface area contributed by atoms with Crippen LogP contribution in [0.15, 0.2) is 0 Å². The van der Waals surface area contributed by atoms with E-state index in [1.165, 1.54) is 45.3 Å². The highest BCUT2D eigenvalue weighted by Crippen LogP contribution is 2.36. The van der Waals surface area contributed by atoms with Gasteiger partial charge in [-0.15, -0.1) is 0 Å². The van der Waals surface area contributed by atoms with Crippen molar-refractivity contribution >= 4 is 0 Å². The molecule has 124 valence electrons. The highest BCUT2D eigenvalue weighted by molar-refractivity contribution is 4.92. The number of rotatable bonds is 5. The maximum Gasteiger partial charge on any atom is 0.0547 e. The van der Waals surface area contributed by atoms with Crippen molar-refractivity contribution in [2.24, 2.45) is 10.8 Å². The topological polar surface area (TPSA) is 24.5 Å². The second-order valence-corrected chi connectivity index (χ2v) is 8.85. The van der Waals surface area contributed by atoms with Crippen molar-refractivity contribution in [3.63, 3.8) is 0 Å². The van der Waals surface area contributed by atoms with Crippen molar-refractivity contribution in [2.45, 2.75) is 65.8 Å². The molecule has 2 fully saturated rings. The molecule has 1 atom stereocenters. The summed E-state index contributed by atoms with van der Waals surface area (Å²) < 4.78 is 5.76. The molecule has 2 aliphatic rings. The first-order valence-electron chi connectivity index (χ1n) is 8.81. The second kappa shape index (κ2) is 6.55. The number of ether oxygens (including phenoxy) is 1. The molecule has 2 heterocycles. The zero-order valence-electron chi connectivity index (χ0n) is 14.9. The van der Waals surface area contributed by atoms with Gasteiger partial charge in [0.25, 0.3) is 0 Å². The summed E-state index contributed by atoms with van der Waals surface area (Å²) >= 11 is 0. The number of hydrogen-bond acceptors (Lipinski definition) is 3. The summed E-state index contributed by atoms with van der Waals surface area (Å²) in [4.78, 5) is 2.69. The quantitative estimate of drug-likeness (QED) is 0.842. The Bertz CT molecular complexity index is 321. The summed E-state index contributed by atoms with van der Waals surface area (Å²) in [6, 6.07) is 0. The molecule has 2 rings (SSSR count). The van der Waals surface area contributed by atoms with Gasteiger partial charge in [-0.3, -0.25) is 0 Å². The van der Waals surface area contributed by atoms with E-state index in [1.807, 2.05) is 0 Å². The Balaban J connectivity index is 1.89. The van der Waals surface area contributed by atoms with E-state index in [-0.39, 0.29) is 5.54 Å². The molecule has 0 aromatic heterocycles. The predicted octanol–water partition coefficient (Wildman–Crippen LogP) is 3.29. The Labute approximate surface area is 131 Å². The summed E-state index contributed by atoms with van der Waals surface area (Å²) in [5, 5.41) is 3.71. The van der Waals surface area contributed by atoms with Crippen LogP contribution in [-0.4, -0.2) is 49.8 Å². The molecular weight excluding hydrogens is 260 g/mol. The molecule has 3 nitrogen and oxygen atoms in total. The average Bonchev–Trinajstić information content (AvgIpc) is 2.88. The molecule has 21 heavy (non-hydrogen) atoms. The second-order valence-electron chi connectivity index (χ2n) is 8.85. The lowest BCUT2D eigenvalue weighted by Crippen LogP contribution is -2.51. The lowest BCUT2D eigenvalue weighted by atomic mass is 9.77. The van der Waals surface area contributed by atoms with Crippen LogP contribution in [0.1, 0.15) is 60.3 Å². The third kappa shape index (κ3) is 4.94.